The molecular weight excluding hydrogens is 358 g/mol. The molecule has 2 N–H and O–H groups in total. The minimum atomic E-state index is -1.41. The predicted octanol–water partition coefficient (Wildman–Crippen LogP) is 3.08. The van der Waals surface area contributed by atoms with Gasteiger partial charge >= 0.3 is 5.97 Å². The van der Waals surface area contributed by atoms with E-state index in [9.17, 15) is 14.4 Å². The summed E-state index contributed by atoms with van der Waals surface area (Å²) in [5, 5.41) is 18.2. The van der Waals surface area contributed by atoms with Crippen LogP contribution in [0, 0.1) is 6.92 Å². The Hall–Kier alpha value is -3.06. The Bertz CT molecular complexity index is 853. The van der Waals surface area contributed by atoms with Crippen molar-refractivity contribution < 1.29 is 19.5 Å². The van der Waals surface area contributed by atoms with Crippen LogP contribution < -0.4 is 5.32 Å². The molecule has 0 aliphatic carbocycles. The van der Waals surface area contributed by atoms with E-state index in [-0.39, 0.29) is 11.5 Å². The van der Waals surface area contributed by atoms with Crippen molar-refractivity contribution in [2.24, 2.45) is 10.2 Å². The van der Waals surface area contributed by atoms with E-state index in [1.54, 1.807) is 42.5 Å². The van der Waals surface area contributed by atoms with Gasteiger partial charge in [0.05, 0.1) is 11.3 Å². The molecule has 2 aromatic rings. The Balaban J connectivity index is 2.23. The maximum absolute atomic E-state index is 12.7. The van der Waals surface area contributed by atoms with Crippen molar-refractivity contribution in [2.45, 2.75) is 12.4 Å². The zero-order chi connectivity index (χ0) is 19.1. The van der Waals surface area contributed by atoms with Crippen LogP contribution in [-0.4, -0.2) is 34.8 Å². The van der Waals surface area contributed by atoms with Crippen molar-refractivity contribution in [3.8, 4) is 0 Å². The highest BCUT2D eigenvalue weighted by molar-refractivity contribution is 6.30. The number of alkyl halides is 1. The zero-order valence-electron chi connectivity index (χ0n) is 13.8. The van der Waals surface area contributed by atoms with Crippen LogP contribution in [0.4, 0.5) is 5.69 Å². The second kappa shape index (κ2) is 8.87. The monoisotopic (exact) mass is 373 g/mol. The fraction of sp³-hybridized carbons (Fsp3) is 0.167. The third kappa shape index (κ3) is 5.22. The number of carbonyl (C=O) groups is 3. The number of nitrogens with one attached hydrogen (secondary N) is 1. The first-order valence-corrected chi connectivity index (χ1v) is 8.07. The summed E-state index contributed by atoms with van der Waals surface area (Å²) in [6, 6.07) is 13.7. The summed E-state index contributed by atoms with van der Waals surface area (Å²) >= 11 is 5.79. The van der Waals surface area contributed by atoms with E-state index in [1.165, 1.54) is 0 Å². The summed E-state index contributed by atoms with van der Waals surface area (Å²) in [6.07, 6.45) is 0. The van der Waals surface area contributed by atoms with Crippen LogP contribution in [0.2, 0.25) is 0 Å². The fourth-order valence-electron chi connectivity index (χ4n) is 2.08. The van der Waals surface area contributed by atoms with Crippen LogP contribution in [-0.2, 0) is 9.59 Å². The second-order valence-electron chi connectivity index (χ2n) is 5.38. The molecule has 0 radical (unpaired) electrons. The molecule has 1 amide bonds. The molecule has 26 heavy (non-hydrogen) atoms. The summed E-state index contributed by atoms with van der Waals surface area (Å²) in [6.45, 7) is 1.27. The van der Waals surface area contributed by atoms with Gasteiger partial charge in [-0.1, -0.05) is 53.6 Å². The van der Waals surface area contributed by atoms with E-state index in [4.69, 9.17) is 16.7 Å². The Labute approximate surface area is 154 Å². The summed E-state index contributed by atoms with van der Waals surface area (Å²) in [7, 11) is 0. The number of aliphatic carboxylic acids is 1. The lowest BCUT2D eigenvalue weighted by atomic mass is 10.00. The first-order chi connectivity index (χ1) is 12.4. The summed E-state index contributed by atoms with van der Waals surface area (Å²) in [4.78, 5) is 34.8. The highest BCUT2D eigenvalue weighted by Crippen LogP contribution is 2.24. The number of nitrogens with zero attached hydrogens (tertiary/aromatic N) is 2. The van der Waals surface area contributed by atoms with Gasteiger partial charge in [-0.2, -0.15) is 10.2 Å². The van der Waals surface area contributed by atoms with Gasteiger partial charge in [0, 0.05) is 5.56 Å². The van der Waals surface area contributed by atoms with Crippen LogP contribution >= 0.6 is 11.6 Å². The van der Waals surface area contributed by atoms with Gasteiger partial charge in [0.1, 0.15) is 6.54 Å². The summed E-state index contributed by atoms with van der Waals surface area (Å²) in [5.41, 5.74) is 0.548. The normalized spacial score (nSPS) is 11.9. The average Bonchev–Trinajstić information content (AvgIpc) is 2.64. The van der Waals surface area contributed by atoms with Crippen LogP contribution in [0.3, 0.4) is 0 Å². The Morgan fingerprint density at radius 3 is 2.50 bits per heavy atom. The molecule has 0 spiro atoms. The zero-order valence-corrected chi connectivity index (χ0v) is 14.6. The lowest BCUT2D eigenvalue weighted by molar-refractivity contribution is -0.137. The molecule has 0 aliphatic rings. The molecule has 0 fully saturated rings. The van der Waals surface area contributed by atoms with E-state index in [0.717, 1.165) is 5.56 Å². The van der Waals surface area contributed by atoms with Gasteiger partial charge in [-0.15, -0.1) is 0 Å². The molecule has 8 heteroatoms. The first kappa shape index (κ1) is 19.3. The molecule has 0 saturated carbocycles. The van der Waals surface area contributed by atoms with E-state index >= 15 is 0 Å². The van der Waals surface area contributed by atoms with Crippen LogP contribution in [0.1, 0.15) is 21.5 Å². The molecule has 0 aliphatic heterocycles. The number of hydrogen-bond donors (Lipinski definition) is 2. The number of azo groups is 1. The fourth-order valence-corrected chi connectivity index (χ4v) is 2.20. The SMILES string of the molecule is Cc1ccc(/N=N/C(Cl)C(=O)NCC(=O)O)c(C(=O)c2ccccc2)c1. The lowest BCUT2D eigenvalue weighted by Gasteiger charge is -2.07. The number of carboxylic acid groups (broad SMARTS) is 1. The van der Waals surface area contributed by atoms with Crippen molar-refractivity contribution >= 4 is 34.9 Å². The number of aryl methyl sites for hydroxylation is 1. The molecule has 2 aromatic carbocycles. The molecule has 1 unspecified atom stereocenters. The molecule has 0 saturated heterocycles. The third-order valence-electron chi connectivity index (χ3n) is 3.33. The number of halogens is 1. The van der Waals surface area contributed by atoms with Crippen LogP contribution in [0.5, 0.6) is 0 Å². The maximum atomic E-state index is 12.7. The van der Waals surface area contributed by atoms with E-state index in [0.29, 0.717) is 11.1 Å². The minimum absolute atomic E-state index is 0.232. The average molecular weight is 374 g/mol. The maximum Gasteiger partial charge on any atom is 0.322 e. The number of carboxylic acids is 1. The number of carbonyl (C=O) groups excluding carboxylic acids is 2. The number of ketones is 1. The number of hydrogen-bond acceptors (Lipinski definition) is 5. The van der Waals surface area contributed by atoms with Gasteiger partial charge in [0.2, 0.25) is 5.50 Å². The second-order valence-corrected chi connectivity index (χ2v) is 5.79. The van der Waals surface area contributed by atoms with Gasteiger partial charge in [0.25, 0.3) is 5.91 Å². The van der Waals surface area contributed by atoms with Gasteiger partial charge in [-0.25, -0.2) is 0 Å². The Morgan fingerprint density at radius 1 is 1.15 bits per heavy atom. The topological polar surface area (TPSA) is 108 Å². The Morgan fingerprint density at radius 2 is 1.85 bits per heavy atom. The first-order valence-electron chi connectivity index (χ1n) is 7.63. The molecule has 1 atom stereocenters. The smallest absolute Gasteiger partial charge is 0.322 e. The molecule has 0 heterocycles. The van der Waals surface area contributed by atoms with Crippen molar-refractivity contribution in [2.75, 3.05) is 6.54 Å². The van der Waals surface area contributed by atoms with Gasteiger partial charge in [0.15, 0.2) is 5.78 Å². The van der Waals surface area contributed by atoms with Crippen molar-refractivity contribution in [1.82, 2.24) is 5.32 Å². The molecule has 7 nitrogen and oxygen atoms in total. The standard InChI is InChI=1S/C18H16ClN3O4/c1-11-7-8-14(21-22-17(19)18(26)20-10-15(23)24)13(9-11)16(25)12-5-3-2-4-6-12/h2-9,17H,10H2,1H3,(H,20,26)(H,23,24)/b22-21+. The van der Waals surface area contributed by atoms with Crippen LogP contribution in [0.15, 0.2) is 58.8 Å². The molecular formula is C18H16ClN3O4. The highest BCUT2D eigenvalue weighted by atomic mass is 35.5. The van der Waals surface area contributed by atoms with Crippen molar-refractivity contribution in [1.29, 1.82) is 0 Å². The van der Waals surface area contributed by atoms with Crippen LogP contribution in [0.25, 0.3) is 0 Å². The van der Waals surface area contributed by atoms with E-state index in [2.05, 4.69) is 15.5 Å². The molecule has 2 rings (SSSR count). The lowest BCUT2D eigenvalue weighted by Crippen LogP contribution is -2.34. The number of rotatable bonds is 7. The van der Waals surface area contributed by atoms with Crippen molar-refractivity contribution in [3.05, 3.63) is 65.2 Å². The third-order valence-corrected chi connectivity index (χ3v) is 3.62. The summed E-state index contributed by atoms with van der Waals surface area (Å²) < 4.78 is 0. The highest BCUT2D eigenvalue weighted by Gasteiger charge is 2.17. The van der Waals surface area contributed by atoms with E-state index < -0.39 is 23.9 Å². The van der Waals surface area contributed by atoms with Crippen molar-refractivity contribution in [3.63, 3.8) is 0 Å². The number of amides is 1. The van der Waals surface area contributed by atoms with Gasteiger partial charge in [-0.3, -0.25) is 14.4 Å². The molecule has 134 valence electrons. The quantitative estimate of drug-likeness (QED) is 0.336. The molecule has 0 aromatic heterocycles. The minimum Gasteiger partial charge on any atom is -0.480 e. The van der Waals surface area contributed by atoms with Gasteiger partial charge < -0.3 is 10.4 Å². The van der Waals surface area contributed by atoms with Gasteiger partial charge in [-0.05, 0) is 19.1 Å². The summed E-state index contributed by atoms with van der Waals surface area (Å²) in [5.74, 6) is -2.22. The number of benzene rings is 2. The molecule has 0 bridgehead atoms. The Kier molecular flexibility index (Phi) is 6.57. The van der Waals surface area contributed by atoms with E-state index in [1.807, 2.05) is 13.0 Å². The largest absolute Gasteiger partial charge is 0.480 e. The predicted molar refractivity (Wildman–Crippen MR) is 95.9 cm³/mol.